The molecule has 78 valence electrons. The Morgan fingerprint density at radius 2 is 2.07 bits per heavy atom. The Balaban J connectivity index is 2.91. The second-order valence-corrected chi connectivity index (χ2v) is 3.72. The lowest BCUT2D eigenvalue weighted by Gasteiger charge is -2.21. The molecule has 1 aromatic carbocycles. The second-order valence-electron chi connectivity index (χ2n) is 3.72. The first kappa shape index (κ1) is 11.1. The van der Waals surface area contributed by atoms with Gasteiger partial charge in [0.15, 0.2) is 0 Å². The van der Waals surface area contributed by atoms with Crippen LogP contribution in [0.3, 0.4) is 0 Å². The monoisotopic (exact) mass is 201 g/mol. The molecular formula is C10H13F2NO. The number of rotatable bonds is 3. The van der Waals surface area contributed by atoms with Gasteiger partial charge >= 0.3 is 0 Å². The van der Waals surface area contributed by atoms with Gasteiger partial charge in [0.05, 0.1) is 6.61 Å². The highest BCUT2D eigenvalue weighted by Gasteiger charge is 2.19. The molecule has 0 saturated heterocycles. The van der Waals surface area contributed by atoms with Gasteiger partial charge in [-0.05, 0) is 37.1 Å². The van der Waals surface area contributed by atoms with E-state index in [0.29, 0.717) is 0 Å². The normalized spacial score (nSPS) is 15.2. The molecule has 0 aliphatic carbocycles. The maximum atomic E-state index is 13.1. The van der Waals surface area contributed by atoms with Gasteiger partial charge < -0.3 is 10.8 Å². The lowest BCUT2D eigenvalue weighted by molar-refractivity contribution is 0.207. The highest BCUT2D eigenvalue weighted by molar-refractivity contribution is 5.20. The van der Waals surface area contributed by atoms with E-state index in [4.69, 9.17) is 10.8 Å². The van der Waals surface area contributed by atoms with E-state index in [9.17, 15) is 8.78 Å². The van der Waals surface area contributed by atoms with Crippen LogP contribution in [0, 0.1) is 11.6 Å². The lowest BCUT2D eigenvalue weighted by atomic mass is 9.94. The van der Waals surface area contributed by atoms with E-state index in [1.165, 1.54) is 0 Å². The van der Waals surface area contributed by atoms with Crippen molar-refractivity contribution >= 4 is 0 Å². The maximum Gasteiger partial charge on any atom is 0.126 e. The molecule has 1 aromatic rings. The summed E-state index contributed by atoms with van der Waals surface area (Å²) in [5.41, 5.74) is 4.89. The van der Waals surface area contributed by atoms with E-state index in [1.54, 1.807) is 6.92 Å². The van der Waals surface area contributed by atoms with Crippen LogP contribution in [0.2, 0.25) is 0 Å². The number of benzene rings is 1. The molecule has 0 aliphatic rings. The summed E-state index contributed by atoms with van der Waals surface area (Å²) in [5.74, 6) is -1.01. The number of hydrogen-bond donors (Lipinski definition) is 2. The van der Waals surface area contributed by atoms with Gasteiger partial charge in [-0.1, -0.05) is 0 Å². The first-order chi connectivity index (χ1) is 6.44. The van der Waals surface area contributed by atoms with Crippen molar-refractivity contribution < 1.29 is 13.9 Å². The third-order valence-electron chi connectivity index (χ3n) is 1.96. The molecular weight excluding hydrogens is 188 g/mol. The Labute approximate surface area is 81.4 Å². The van der Waals surface area contributed by atoms with E-state index in [0.717, 1.165) is 18.2 Å². The molecule has 1 rings (SSSR count). The van der Waals surface area contributed by atoms with Crippen LogP contribution in [0.25, 0.3) is 0 Å². The van der Waals surface area contributed by atoms with Crippen molar-refractivity contribution in [3.05, 3.63) is 35.4 Å². The fourth-order valence-corrected chi connectivity index (χ4v) is 1.17. The zero-order chi connectivity index (χ0) is 10.8. The van der Waals surface area contributed by atoms with Crippen molar-refractivity contribution in [1.29, 1.82) is 0 Å². The van der Waals surface area contributed by atoms with Crippen LogP contribution in [-0.2, 0) is 6.42 Å². The Morgan fingerprint density at radius 1 is 1.43 bits per heavy atom. The van der Waals surface area contributed by atoms with E-state index >= 15 is 0 Å². The van der Waals surface area contributed by atoms with Crippen LogP contribution in [0.4, 0.5) is 8.78 Å². The molecule has 1 unspecified atom stereocenters. The minimum atomic E-state index is -0.922. The van der Waals surface area contributed by atoms with Gasteiger partial charge in [-0.15, -0.1) is 0 Å². The molecule has 14 heavy (non-hydrogen) atoms. The van der Waals surface area contributed by atoms with E-state index in [1.807, 2.05) is 0 Å². The average Bonchev–Trinajstić information content (AvgIpc) is 2.11. The Bertz CT molecular complexity index is 326. The molecule has 0 heterocycles. The highest BCUT2D eigenvalue weighted by atomic mass is 19.1. The lowest BCUT2D eigenvalue weighted by Crippen LogP contribution is -2.42. The minimum Gasteiger partial charge on any atom is -0.394 e. The SMILES string of the molecule is CC(N)(CO)Cc1cc(F)ccc1F. The fraction of sp³-hybridized carbons (Fsp3) is 0.400. The van der Waals surface area contributed by atoms with Crippen molar-refractivity contribution in [3.63, 3.8) is 0 Å². The predicted octanol–water partition coefficient (Wildman–Crippen LogP) is 1.22. The molecule has 0 bridgehead atoms. The van der Waals surface area contributed by atoms with Crippen molar-refractivity contribution in [1.82, 2.24) is 0 Å². The van der Waals surface area contributed by atoms with Crippen LogP contribution < -0.4 is 5.73 Å². The van der Waals surface area contributed by atoms with Crippen LogP contribution in [-0.4, -0.2) is 17.3 Å². The van der Waals surface area contributed by atoms with Crippen molar-refractivity contribution in [3.8, 4) is 0 Å². The van der Waals surface area contributed by atoms with Crippen molar-refractivity contribution in [2.45, 2.75) is 18.9 Å². The number of aliphatic hydroxyl groups excluding tert-OH is 1. The molecule has 0 fully saturated rings. The van der Waals surface area contributed by atoms with Crippen LogP contribution >= 0.6 is 0 Å². The predicted molar refractivity (Wildman–Crippen MR) is 49.7 cm³/mol. The average molecular weight is 201 g/mol. The molecule has 0 amide bonds. The van der Waals surface area contributed by atoms with Gasteiger partial charge in [-0.3, -0.25) is 0 Å². The van der Waals surface area contributed by atoms with Crippen LogP contribution in [0.1, 0.15) is 12.5 Å². The summed E-state index contributed by atoms with van der Waals surface area (Å²) in [4.78, 5) is 0. The van der Waals surface area contributed by atoms with Gasteiger partial charge in [0.1, 0.15) is 11.6 Å². The van der Waals surface area contributed by atoms with Gasteiger partial charge in [0.25, 0.3) is 0 Å². The molecule has 2 nitrogen and oxygen atoms in total. The summed E-state index contributed by atoms with van der Waals surface area (Å²) in [6.45, 7) is 1.31. The fourth-order valence-electron chi connectivity index (χ4n) is 1.17. The largest absolute Gasteiger partial charge is 0.394 e. The topological polar surface area (TPSA) is 46.2 Å². The van der Waals surface area contributed by atoms with E-state index < -0.39 is 17.2 Å². The number of nitrogens with two attached hydrogens (primary N) is 1. The van der Waals surface area contributed by atoms with Crippen LogP contribution in [0.15, 0.2) is 18.2 Å². The quantitative estimate of drug-likeness (QED) is 0.772. The zero-order valence-corrected chi connectivity index (χ0v) is 7.93. The zero-order valence-electron chi connectivity index (χ0n) is 7.93. The van der Waals surface area contributed by atoms with Gasteiger partial charge in [0, 0.05) is 5.54 Å². The standard InChI is InChI=1S/C10H13F2NO/c1-10(13,6-14)5-7-4-8(11)2-3-9(7)12/h2-4,14H,5-6,13H2,1H3. The third-order valence-corrected chi connectivity index (χ3v) is 1.96. The molecule has 0 aliphatic heterocycles. The summed E-state index contributed by atoms with van der Waals surface area (Å²) < 4.78 is 25.9. The summed E-state index contributed by atoms with van der Waals surface area (Å²) >= 11 is 0. The number of halogens is 2. The maximum absolute atomic E-state index is 13.1. The Kier molecular flexibility index (Phi) is 3.18. The molecule has 4 heteroatoms. The summed E-state index contributed by atoms with van der Waals surface area (Å²) in [6, 6.07) is 3.19. The second kappa shape index (κ2) is 4.02. The van der Waals surface area contributed by atoms with E-state index in [-0.39, 0.29) is 18.6 Å². The third kappa shape index (κ3) is 2.75. The first-order valence-electron chi connectivity index (χ1n) is 4.28. The summed E-state index contributed by atoms with van der Waals surface area (Å²) in [7, 11) is 0. The molecule has 0 saturated carbocycles. The van der Waals surface area contributed by atoms with Gasteiger partial charge in [-0.25, -0.2) is 8.78 Å². The number of hydrogen-bond acceptors (Lipinski definition) is 2. The first-order valence-corrected chi connectivity index (χ1v) is 4.28. The summed E-state index contributed by atoms with van der Waals surface area (Å²) in [6.07, 6.45) is 0.104. The molecule has 0 aromatic heterocycles. The molecule has 3 N–H and O–H groups in total. The Morgan fingerprint density at radius 3 is 2.64 bits per heavy atom. The van der Waals surface area contributed by atoms with Gasteiger partial charge in [0.2, 0.25) is 0 Å². The number of aliphatic hydroxyl groups is 1. The Hall–Kier alpha value is -1.00. The van der Waals surface area contributed by atoms with Crippen molar-refractivity contribution in [2.75, 3.05) is 6.61 Å². The smallest absolute Gasteiger partial charge is 0.126 e. The van der Waals surface area contributed by atoms with Crippen molar-refractivity contribution in [2.24, 2.45) is 5.73 Å². The molecule has 0 radical (unpaired) electrons. The van der Waals surface area contributed by atoms with Gasteiger partial charge in [-0.2, -0.15) is 0 Å². The molecule has 1 atom stereocenters. The summed E-state index contributed by atoms with van der Waals surface area (Å²) in [5, 5.41) is 8.87. The molecule has 0 spiro atoms. The highest BCUT2D eigenvalue weighted by Crippen LogP contribution is 2.15. The minimum absolute atomic E-state index is 0.104. The van der Waals surface area contributed by atoms with E-state index in [2.05, 4.69) is 0 Å². The van der Waals surface area contributed by atoms with Crippen LogP contribution in [0.5, 0.6) is 0 Å².